The summed E-state index contributed by atoms with van der Waals surface area (Å²) in [5, 5.41) is 3.27. The van der Waals surface area contributed by atoms with Gasteiger partial charge in [0.1, 0.15) is 0 Å². The van der Waals surface area contributed by atoms with Crippen LogP contribution in [-0.4, -0.2) is 38.7 Å². The van der Waals surface area contributed by atoms with Crippen LogP contribution in [0.4, 0.5) is 0 Å². The zero-order valence-electron chi connectivity index (χ0n) is 17.5. The average molecular weight is 402 g/mol. The number of nitrogens with one attached hydrogen (secondary N) is 1. The van der Waals surface area contributed by atoms with Crippen LogP contribution in [0, 0.1) is 23.2 Å². The van der Waals surface area contributed by atoms with Crippen molar-refractivity contribution in [3.8, 4) is 11.5 Å². The highest BCUT2D eigenvalue weighted by atomic mass is 16.6. The van der Waals surface area contributed by atoms with Crippen LogP contribution in [0.25, 0.3) is 0 Å². The fourth-order valence-corrected chi connectivity index (χ4v) is 6.26. The van der Waals surface area contributed by atoms with E-state index in [9.17, 15) is 9.59 Å². The summed E-state index contributed by atoms with van der Waals surface area (Å²) in [4.78, 5) is 24.3. The maximum Gasteiger partial charge on any atom is 0.343 e. The number of benzene rings is 1. The molecule has 6 heteroatoms. The lowest BCUT2D eigenvalue weighted by atomic mass is 9.48. The van der Waals surface area contributed by atoms with Crippen molar-refractivity contribution in [1.82, 2.24) is 5.32 Å². The van der Waals surface area contributed by atoms with Crippen LogP contribution < -0.4 is 14.8 Å². The predicted molar refractivity (Wildman–Crippen MR) is 108 cm³/mol. The molecule has 4 aliphatic rings. The molecule has 0 aromatic heterocycles. The van der Waals surface area contributed by atoms with Crippen molar-refractivity contribution in [3.63, 3.8) is 0 Å². The van der Waals surface area contributed by atoms with Gasteiger partial charge in [-0.3, -0.25) is 4.79 Å². The number of esters is 1. The van der Waals surface area contributed by atoms with E-state index in [1.807, 2.05) is 0 Å². The standard InChI is InChI=1S/C23H31NO5/c1-14(23-10-15-6-16(11-23)8-17(7-15)12-23)24-22(26)18-4-5-19(20(9-18)27-2)29-13-21(25)28-3/h4-5,9,14-17H,6-8,10-13H2,1-3H3,(H,24,26). The molecule has 0 spiro atoms. The summed E-state index contributed by atoms with van der Waals surface area (Å²) in [6.07, 6.45) is 7.94. The molecule has 1 N–H and O–H groups in total. The molecule has 29 heavy (non-hydrogen) atoms. The van der Waals surface area contributed by atoms with Crippen LogP contribution in [0.5, 0.6) is 11.5 Å². The van der Waals surface area contributed by atoms with Gasteiger partial charge in [-0.25, -0.2) is 4.79 Å². The first kappa shape index (κ1) is 20.0. The third kappa shape index (κ3) is 3.94. The van der Waals surface area contributed by atoms with E-state index in [0.29, 0.717) is 17.1 Å². The molecular formula is C23H31NO5. The molecule has 0 saturated heterocycles. The summed E-state index contributed by atoms with van der Waals surface area (Å²) in [6.45, 7) is 1.97. The predicted octanol–water partition coefficient (Wildman–Crippen LogP) is 3.58. The van der Waals surface area contributed by atoms with Crippen LogP contribution in [0.3, 0.4) is 0 Å². The Morgan fingerprint density at radius 2 is 1.69 bits per heavy atom. The first-order valence-corrected chi connectivity index (χ1v) is 10.6. The molecule has 4 fully saturated rings. The summed E-state index contributed by atoms with van der Waals surface area (Å²) in [5.74, 6) is 2.82. The topological polar surface area (TPSA) is 73.9 Å². The number of carbonyl (C=O) groups is 2. The number of rotatable bonds is 7. The normalized spacial score (nSPS) is 30.5. The second kappa shape index (κ2) is 7.88. The van der Waals surface area contributed by atoms with E-state index in [4.69, 9.17) is 9.47 Å². The minimum Gasteiger partial charge on any atom is -0.493 e. The summed E-state index contributed by atoms with van der Waals surface area (Å²) in [7, 11) is 2.82. The average Bonchev–Trinajstić information content (AvgIpc) is 2.70. The molecule has 5 rings (SSSR count). The minimum absolute atomic E-state index is 0.0916. The van der Waals surface area contributed by atoms with E-state index in [2.05, 4.69) is 17.0 Å². The lowest BCUT2D eigenvalue weighted by Crippen LogP contribution is -2.55. The van der Waals surface area contributed by atoms with Crippen molar-refractivity contribution in [1.29, 1.82) is 0 Å². The monoisotopic (exact) mass is 401 g/mol. The van der Waals surface area contributed by atoms with Crippen molar-refractivity contribution in [2.75, 3.05) is 20.8 Å². The third-order valence-electron chi connectivity index (χ3n) is 7.35. The van der Waals surface area contributed by atoms with Crippen LogP contribution in [0.1, 0.15) is 55.8 Å². The summed E-state index contributed by atoms with van der Waals surface area (Å²) < 4.78 is 15.4. The van der Waals surface area contributed by atoms with Crippen LogP contribution in [-0.2, 0) is 9.53 Å². The number of methoxy groups -OCH3 is 2. The van der Waals surface area contributed by atoms with Gasteiger partial charge in [-0.15, -0.1) is 0 Å². The van der Waals surface area contributed by atoms with Gasteiger partial charge in [-0.05, 0) is 86.8 Å². The molecule has 6 nitrogen and oxygen atoms in total. The van der Waals surface area contributed by atoms with Gasteiger partial charge in [0, 0.05) is 11.6 Å². The van der Waals surface area contributed by atoms with Gasteiger partial charge in [-0.2, -0.15) is 0 Å². The van der Waals surface area contributed by atoms with Gasteiger partial charge in [0.05, 0.1) is 14.2 Å². The Morgan fingerprint density at radius 1 is 1.07 bits per heavy atom. The summed E-state index contributed by atoms with van der Waals surface area (Å²) >= 11 is 0. The Bertz CT molecular complexity index is 754. The molecule has 4 aliphatic carbocycles. The van der Waals surface area contributed by atoms with Crippen LogP contribution in [0.2, 0.25) is 0 Å². The lowest BCUT2D eigenvalue weighted by molar-refractivity contribution is -0.142. The van der Waals surface area contributed by atoms with Crippen molar-refractivity contribution >= 4 is 11.9 Å². The van der Waals surface area contributed by atoms with Crippen molar-refractivity contribution in [2.24, 2.45) is 23.2 Å². The van der Waals surface area contributed by atoms with Crippen LogP contribution in [0.15, 0.2) is 18.2 Å². The quantitative estimate of drug-likeness (QED) is 0.707. The van der Waals surface area contributed by atoms with Crippen LogP contribution >= 0.6 is 0 Å². The minimum atomic E-state index is -0.474. The van der Waals surface area contributed by atoms with E-state index in [1.165, 1.54) is 52.7 Å². The van der Waals surface area contributed by atoms with E-state index in [-0.39, 0.29) is 24.0 Å². The molecule has 0 heterocycles. The highest BCUT2D eigenvalue weighted by molar-refractivity contribution is 5.95. The molecule has 158 valence electrons. The Hall–Kier alpha value is -2.24. The Labute approximate surface area is 172 Å². The van der Waals surface area contributed by atoms with Gasteiger partial charge in [0.15, 0.2) is 18.1 Å². The third-order valence-corrected chi connectivity index (χ3v) is 7.35. The van der Waals surface area contributed by atoms with Crippen molar-refractivity contribution in [3.05, 3.63) is 23.8 Å². The van der Waals surface area contributed by atoms with Gasteiger partial charge in [0.2, 0.25) is 0 Å². The van der Waals surface area contributed by atoms with E-state index in [1.54, 1.807) is 18.2 Å². The van der Waals surface area contributed by atoms with E-state index < -0.39 is 5.97 Å². The Balaban J connectivity index is 1.43. The molecule has 4 bridgehead atoms. The zero-order valence-corrected chi connectivity index (χ0v) is 17.5. The highest BCUT2D eigenvalue weighted by Crippen LogP contribution is 2.61. The molecule has 1 atom stereocenters. The lowest BCUT2D eigenvalue weighted by Gasteiger charge is -2.59. The van der Waals surface area contributed by atoms with Gasteiger partial charge in [-0.1, -0.05) is 0 Å². The molecule has 1 aromatic carbocycles. The molecule has 4 saturated carbocycles. The van der Waals surface area contributed by atoms with Gasteiger partial charge in [0.25, 0.3) is 5.91 Å². The number of carbonyl (C=O) groups excluding carboxylic acids is 2. The number of hydrogen-bond acceptors (Lipinski definition) is 5. The summed E-state index contributed by atoms with van der Waals surface area (Å²) in [6, 6.07) is 5.18. The number of hydrogen-bond donors (Lipinski definition) is 1. The Morgan fingerprint density at radius 3 is 2.24 bits per heavy atom. The van der Waals surface area contributed by atoms with Gasteiger partial charge >= 0.3 is 5.97 Å². The van der Waals surface area contributed by atoms with Crippen molar-refractivity contribution < 1.29 is 23.8 Å². The largest absolute Gasteiger partial charge is 0.493 e. The highest BCUT2D eigenvalue weighted by Gasteiger charge is 2.53. The number of ether oxygens (including phenoxy) is 3. The fourth-order valence-electron chi connectivity index (χ4n) is 6.26. The Kier molecular flexibility index (Phi) is 5.45. The first-order valence-electron chi connectivity index (χ1n) is 10.6. The molecular weight excluding hydrogens is 370 g/mol. The zero-order chi connectivity index (χ0) is 20.6. The maximum absolute atomic E-state index is 13.0. The van der Waals surface area contributed by atoms with E-state index in [0.717, 1.165) is 17.8 Å². The molecule has 0 radical (unpaired) electrons. The second-order valence-electron chi connectivity index (χ2n) is 9.21. The SMILES string of the molecule is COC(=O)COc1ccc(C(=O)NC(C)C23CC4CC(CC(C4)C2)C3)cc1OC. The maximum atomic E-state index is 13.0. The molecule has 1 unspecified atom stereocenters. The second-order valence-corrected chi connectivity index (χ2v) is 9.21. The number of amides is 1. The van der Waals surface area contributed by atoms with Crippen molar-refractivity contribution in [2.45, 2.75) is 51.5 Å². The van der Waals surface area contributed by atoms with Gasteiger partial charge < -0.3 is 19.5 Å². The van der Waals surface area contributed by atoms with E-state index >= 15 is 0 Å². The summed E-state index contributed by atoms with van der Waals surface area (Å²) in [5.41, 5.74) is 0.793. The smallest absolute Gasteiger partial charge is 0.343 e. The molecule has 1 amide bonds. The molecule has 1 aromatic rings. The first-order chi connectivity index (χ1) is 13.9. The molecule has 0 aliphatic heterocycles. The fraction of sp³-hybridized carbons (Fsp3) is 0.652.